The zero-order valence-electron chi connectivity index (χ0n) is 10.7. The van der Waals surface area contributed by atoms with Gasteiger partial charge in [0.1, 0.15) is 0 Å². The van der Waals surface area contributed by atoms with Crippen LogP contribution in [0.4, 0.5) is 0 Å². The molecule has 0 fully saturated rings. The Bertz CT molecular complexity index is 385. The molecule has 100 valence electrons. The van der Waals surface area contributed by atoms with Gasteiger partial charge in [0.05, 0.1) is 19.2 Å². The van der Waals surface area contributed by atoms with Crippen molar-refractivity contribution in [1.29, 1.82) is 0 Å². The lowest BCUT2D eigenvalue weighted by molar-refractivity contribution is -0.120. The SMILES string of the molecule is COCCNCC(=O)NC(C)c1cccc(Cl)c1. The normalized spacial score (nSPS) is 12.2. The summed E-state index contributed by atoms with van der Waals surface area (Å²) in [6.07, 6.45) is 0. The van der Waals surface area contributed by atoms with Crippen molar-refractivity contribution in [1.82, 2.24) is 10.6 Å². The van der Waals surface area contributed by atoms with E-state index >= 15 is 0 Å². The van der Waals surface area contributed by atoms with Crippen molar-refractivity contribution < 1.29 is 9.53 Å². The second-order valence-electron chi connectivity index (χ2n) is 4.01. The highest BCUT2D eigenvalue weighted by Crippen LogP contribution is 2.16. The number of nitrogens with one attached hydrogen (secondary N) is 2. The minimum absolute atomic E-state index is 0.0430. The van der Waals surface area contributed by atoms with Gasteiger partial charge in [0.2, 0.25) is 5.91 Å². The van der Waals surface area contributed by atoms with Gasteiger partial charge >= 0.3 is 0 Å². The minimum Gasteiger partial charge on any atom is -0.383 e. The number of halogens is 1. The standard InChI is InChI=1S/C13H19ClN2O2/c1-10(11-4-3-5-12(14)8-11)16-13(17)9-15-6-7-18-2/h3-5,8,10,15H,6-7,9H2,1-2H3,(H,16,17). The van der Waals surface area contributed by atoms with Crippen LogP contribution in [0.2, 0.25) is 5.02 Å². The summed E-state index contributed by atoms with van der Waals surface area (Å²) in [6, 6.07) is 7.42. The lowest BCUT2D eigenvalue weighted by Gasteiger charge is -2.14. The Kier molecular flexibility index (Phi) is 6.72. The summed E-state index contributed by atoms with van der Waals surface area (Å²) in [6.45, 7) is 3.47. The van der Waals surface area contributed by atoms with Gasteiger partial charge in [-0.25, -0.2) is 0 Å². The number of benzene rings is 1. The van der Waals surface area contributed by atoms with Crippen molar-refractivity contribution in [3.63, 3.8) is 0 Å². The molecule has 0 spiro atoms. The quantitative estimate of drug-likeness (QED) is 0.743. The van der Waals surface area contributed by atoms with E-state index in [1.807, 2.05) is 31.2 Å². The van der Waals surface area contributed by atoms with Gasteiger partial charge in [0.25, 0.3) is 0 Å². The number of amides is 1. The van der Waals surface area contributed by atoms with Gasteiger partial charge in [-0.05, 0) is 24.6 Å². The van der Waals surface area contributed by atoms with Gasteiger partial charge in [-0.2, -0.15) is 0 Å². The van der Waals surface area contributed by atoms with Crippen LogP contribution in [0.5, 0.6) is 0 Å². The Labute approximate surface area is 113 Å². The summed E-state index contributed by atoms with van der Waals surface area (Å²) < 4.78 is 4.88. The molecule has 0 aliphatic heterocycles. The predicted octanol–water partition coefficient (Wildman–Crippen LogP) is 1.75. The number of rotatable bonds is 7. The highest BCUT2D eigenvalue weighted by Gasteiger charge is 2.09. The maximum atomic E-state index is 11.6. The molecule has 1 atom stereocenters. The maximum Gasteiger partial charge on any atom is 0.234 e. The third kappa shape index (κ3) is 5.49. The number of carbonyl (C=O) groups is 1. The number of methoxy groups -OCH3 is 1. The number of hydrogen-bond acceptors (Lipinski definition) is 3. The van der Waals surface area contributed by atoms with Gasteiger partial charge in [-0.3, -0.25) is 4.79 Å². The molecule has 2 N–H and O–H groups in total. The van der Waals surface area contributed by atoms with E-state index in [2.05, 4.69) is 10.6 Å². The van der Waals surface area contributed by atoms with Gasteiger partial charge in [0.15, 0.2) is 0 Å². The number of ether oxygens (including phenoxy) is 1. The van der Waals surface area contributed by atoms with Gasteiger partial charge in [0, 0.05) is 18.7 Å². The van der Waals surface area contributed by atoms with E-state index in [-0.39, 0.29) is 18.5 Å². The molecule has 5 heteroatoms. The Morgan fingerprint density at radius 1 is 1.50 bits per heavy atom. The number of hydrogen-bond donors (Lipinski definition) is 2. The summed E-state index contributed by atoms with van der Waals surface area (Å²) in [4.78, 5) is 11.6. The van der Waals surface area contributed by atoms with E-state index in [9.17, 15) is 4.79 Å². The van der Waals surface area contributed by atoms with Crippen molar-refractivity contribution >= 4 is 17.5 Å². The molecule has 0 heterocycles. The molecular formula is C13H19ClN2O2. The zero-order chi connectivity index (χ0) is 13.4. The van der Waals surface area contributed by atoms with Crippen LogP contribution in [-0.2, 0) is 9.53 Å². The summed E-state index contributed by atoms with van der Waals surface area (Å²) in [5.41, 5.74) is 0.993. The lowest BCUT2D eigenvalue weighted by Crippen LogP contribution is -2.36. The summed E-state index contributed by atoms with van der Waals surface area (Å²) in [7, 11) is 1.63. The Morgan fingerprint density at radius 2 is 2.28 bits per heavy atom. The molecule has 1 aromatic rings. The van der Waals surface area contributed by atoms with Crippen molar-refractivity contribution in [3.8, 4) is 0 Å². The first-order valence-electron chi connectivity index (χ1n) is 5.88. The average molecular weight is 271 g/mol. The Morgan fingerprint density at radius 3 is 2.94 bits per heavy atom. The second kappa shape index (κ2) is 8.08. The summed E-state index contributed by atoms with van der Waals surface area (Å²) in [5.74, 6) is -0.0430. The van der Waals surface area contributed by atoms with Crippen LogP contribution < -0.4 is 10.6 Å². The van der Waals surface area contributed by atoms with Crippen LogP contribution in [0.15, 0.2) is 24.3 Å². The fourth-order valence-electron chi connectivity index (χ4n) is 1.53. The molecule has 0 bridgehead atoms. The highest BCUT2D eigenvalue weighted by molar-refractivity contribution is 6.30. The van der Waals surface area contributed by atoms with E-state index in [1.165, 1.54) is 0 Å². The van der Waals surface area contributed by atoms with Crippen molar-refractivity contribution in [2.75, 3.05) is 26.8 Å². The zero-order valence-corrected chi connectivity index (χ0v) is 11.5. The van der Waals surface area contributed by atoms with Crippen molar-refractivity contribution in [3.05, 3.63) is 34.9 Å². The van der Waals surface area contributed by atoms with E-state index in [0.717, 1.165) is 5.56 Å². The molecule has 0 aliphatic carbocycles. The molecule has 1 rings (SSSR count). The first-order chi connectivity index (χ1) is 8.63. The fraction of sp³-hybridized carbons (Fsp3) is 0.462. The summed E-state index contributed by atoms with van der Waals surface area (Å²) >= 11 is 5.90. The van der Waals surface area contributed by atoms with E-state index in [1.54, 1.807) is 7.11 Å². The second-order valence-corrected chi connectivity index (χ2v) is 4.45. The van der Waals surface area contributed by atoms with Crippen LogP contribution >= 0.6 is 11.6 Å². The van der Waals surface area contributed by atoms with Gasteiger partial charge < -0.3 is 15.4 Å². The van der Waals surface area contributed by atoms with E-state index in [4.69, 9.17) is 16.3 Å². The van der Waals surface area contributed by atoms with Crippen molar-refractivity contribution in [2.24, 2.45) is 0 Å². The van der Waals surface area contributed by atoms with Crippen molar-refractivity contribution in [2.45, 2.75) is 13.0 Å². The Hall–Kier alpha value is -1.10. The molecular weight excluding hydrogens is 252 g/mol. The fourth-order valence-corrected chi connectivity index (χ4v) is 1.73. The first kappa shape index (κ1) is 15.0. The molecule has 1 amide bonds. The average Bonchev–Trinajstić information content (AvgIpc) is 2.34. The molecule has 1 aromatic carbocycles. The van der Waals surface area contributed by atoms with E-state index < -0.39 is 0 Å². The maximum absolute atomic E-state index is 11.6. The smallest absolute Gasteiger partial charge is 0.234 e. The van der Waals surface area contributed by atoms with Gasteiger partial charge in [-0.1, -0.05) is 23.7 Å². The van der Waals surface area contributed by atoms with Crippen LogP contribution in [0.25, 0.3) is 0 Å². The summed E-state index contributed by atoms with van der Waals surface area (Å²) in [5, 5.41) is 6.56. The molecule has 0 saturated heterocycles. The van der Waals surface area contributed by atoms with Crippen LogP contribution in [0.3, 0.4) is 0 Å². The molecule has 0 radical (unpaired) electrons. The molecule has 0 aliphatic rings. The largest absolute Gasteiger partial charge is 0.383 e. The molecule has 4 nitrogen and oxygen atoms in total. The van der Waals surface area contributed by atoms with Crippen LogP contribution in [-0.4, -0.2) is 32.7 Å². The van der Waals surface area contributed by atoms with Crippen LogP contribution in [0, 0.1) is 0 Å². The monoisotopic (exact) mass is 270 g/mol. The third-order valence-electron chi connectivity index (χ3n) is 2.49. The van der Waals surface area contributed by atoms with Gasteiger partial charge in [-0.15, -0.1) is 0 Å². The Balaban J connectivity index is 2.35. The third-order valence-corrected chi connectivity index (χ3v) is 2.73. The molecule has 0 saturated carbocycles. The predicted molar refractivity (Wildman–Crippen MR) is 72.8 cm³/mol. The molecule has 18 heavy (non-hydrogen) atoms. The van der Waals surface area contributed by atoms with E-state index in [0.29, 0.717) is 18.2 Å². The first-order valence-corrected chi connectivity index (χ1v) is 6.25. The molecule has 0 aromatic heterocycles. The highest BCUT2D eigenvalue weighted by atomic mass is 35.5. The lowest BCUT2D eigenvalue weighted by atomic mass is 10.1. The minimum atomic E-state index is -0.0552. The van der Waals surface area contributed by atoms with Crippen LogP contribution in [0.1, 0.15) is 18.5 Å². The molecule has 1 unspecified atom stereocenters. The number of carbonyl (C=O) groups excluding carboxylic acids is 1. The topological polar surface area (TPSA) is 50.4 Å².